The molecule has 0 unspecified atom stereocenters. The van der Waals surface area contributed by atoms with Crippen molar-refractivity contribution in [2.45, 2.75) is 0 Å². The molecular weight excluding hydrogens is 230 g/mol. The van der Waals surface area contributed by atoms with E-state index in [0.717, 1.165) is 0 Å². The van der Waals surface area contributed by atoms with Crippen molar-refractivity contribution in [3.8, 4) is 0 Å². The zero-order valence-electron chi connectivity index (χ0n) is 5.41. The quantitative estimate of drug-likeness (QED) is 0.738. The van der Waals surface area contributed by atoms with Crippen LogP contribution in [0.4, 0.5) is 0 Å². The van der Waals surface area contributed by atoms with E-state index in [-0.39, 0.29) is 17.0 Å². The highest BCUT2D eigenvalue weighted by Crippen LogP contribution is 1.85. The average molecular weight is 236 g/mol. The van der Waals surface area contributed by atoms with Gasteiger partial charge in [0.1, 0.15) is 0 Å². The van der Waals surface area contributed by atoms with Gasteiger partial charge in [-0.2, -0.15) is 5.21 Å². The molecule has 0 saturated heterocycles. The van der Waals surface area contributed by atoms with Crippen LogP contribution in [0.15, 0.2) is 23.4 Å². The van der Waals surface area contributed by atoms with Gasteiger partial charge in [-0.3, -0.25) is 4.98 Å². The number of halogens is 1. The van der Waals surface area contributed by atoms with E-state index >= 15 is 0 Å². The molecule has 2 rings (SSSR count). The number of nitrogens with one attached hydrogen (secondary N) is 1. The van der Waals surface area contributed by atoms with Gasteiger partial charge in [0.2, 0.25) is 0 Å². The van der Waals surface area contributed by atoms with Gasteiger partial charge in [0.15, 0.2) is 6.33 Å². The Morgan fingerprint density at radius 1 is 1.36 bits per heavy atom. The average Bonchev–Trinajstić information content (AvgIpc) is 2.67. The summed E-state index contributed by atoms with van der Waals surface area (Å²) in [6.07, 6.45) is 3.10. The van der Waals surface area contributed by atoms with Gasteiger partial charge < -0.3 is 0 Å². The van der Waals surface area contributed by atoms with Crippen LogP contribution in [-0.2, 0) is 0 Å². The van der Waals surface area contributed by atoms with Crippen LogP contribution in [0.1, 0.15) is 0 Å². The molecule has 5 nitrogen and oxygen atoms in total. The Balaban J connectivity index is 0.000000167. The van der Waals surface area contributed by atoms with Gasteiger partial charge in [0, 0.05) is 11.6 Å². The summed E-state index contributed by atoms with van der Waals surface area (Å²) in [6.45, 7) is 0. The predicted molar refractivity (Wildman–Crippen MR) is 46.6 cm³/mol. The summed E-state index contributed by atoms with van der Waals surface area (Å²) in [7, 11) is 0. The molecule has 0 saturated carbocycles. The monoisotopic (exact) mass is 235 g/mol. The molecule has 60 valence electrons. The first kappa shape index (κ1) is 10.2. The first-order chi connectivity index (χ1) is 5.00. The van der Waals surface area contributed by atoms with Crippen LogP contribution < -0.4 is 0 Å². The van der Waals surface area contributed by atoms with Gasteiger partial charge in [0.05, 0.1) is 5.51 Å². The molecule has 2 aromatic rings. The smallest absolute Gasteiger partial charge is 0.161 e. The molecule has 7 heteroatoms. The predicted octanol–water partition coefficient (Wildman–Crippen LogP) is 0.921. The van der Waals surface area contributed by atoms with Gasteiger partial charge in [0.25, 0.3) is 0 Å². The maximum Gasteiger partial charge on any atom is 0.161 e. The number of rotatable bonds is 0. The number of aromatic nitrogens is 5. The molecule has 1 N–H and O–H groups in total. The molecule has 0 aliphatic carbocycles. The fourth-order valence-electron chi connectivity index (χ4n) is 0.305. The minimum Gasteiger partial charge on any atom is -0.253 e. The summed E-state index contributed by atoms with van der Waals surface area (Å²) in [5.41, 5.74) is 1.79. The second-order valence-electron chi connectivity index (χ2n) is 1.24. The Hall–Kier alpha value is -0.820. The molecule has 0 fully saturated rings. The second-order valence-corrected chi connectivity index (χ2v) is 1.99. The Morgan fingerprint density at radius 3 is 2.45 bits per heavy atom. The summed E-state index contributed by atoms with van der Waals surface area (Å²) < 4.78 is 0. The summed E-state index contributed by atoms with van der Waals surface area (Å²) in [5.74, 6) is 0. The van der Waals surface area contributed by atoms with E-state index in [1.54, 1.807) is 23.0 Å². The number of tetrazole rings is 1. The van der Waals surface area contributed by atoms with E-state index < -0.39 is 0 Å². The van der Waals surface area contributed by atoms with E-state index in [1.165, 1.54) is 6.33 Å². The molecule has 2 heterocycles. The van der Waals surface area contributed by atoms with E-state index in [1.807, 2.05) is 5.38 Å². The summed E-state index contributed by atoms with van der Waals surface area (Å²) in [5, 5.41) is 14.1. The number of nitrogens with zero attached hydrogens (tertiary/aromatic N) is 4. The SMILES string of the molecule is Br.c1cscn1.c1nn[nH]n1. The molecule has 0 bridgehead atoms. The van der Waals surface area contributed by atoms with Crippen LogP contribution in [0.3, 0.4) is 0 Å². The van der Waals surface area contributed by atoms with E-state index in [4.69, 9.17) is 0 Å². The van der Waals surface area contributed by atoms with Crippen molar-refractivity contribution in [3.05, 3.63) is 23.4 Å². The standard InChI is InChI=1S/C3H3NS.CH2N4.BrH/c1-2-5-3-4-1;1-2-4-5-3-1;/h1-3H;1H,(H,2,3,4,5);1H. The number of hydrogen-bond donors (Lipinski definition) is 1. The third-order valence-corrected chi connectivity index (χ3v) is 1.14. The fourth-order valence-corrected chi connectivity index (χ4v) is 0.656. The van der Waals surface area contributed by atoms with Crippen molar-refractivity contribution in [1.29, 1.82) is 0 Å². The normalized spacial score (nSPS) is 7.27. The lowest BCUT2D eigenvalue weighted by atomic mass is 11.0. The van der Waals surface area contributed by atoms with Gasteiger partial charge in [-0.1, -0.05) is 5.21 Å². The lowest BCUT2D eigenvalue weighted by molar-refractivity contribution is 0.881. The number of H-pyrrole nitrogens is 1. The maximum atomic E-state index is 3.74. The number of thiazole rings is 1. The Bertz CT molecular complexity index is 158. The lowest BCUT2D eigenvalue weighted by Crippen LogP contribution is -1.64. The molecular formula is C4H6BrN5S. The highest BCUT2D eigenvalue weighted by atomic mass is 79.9. The van der Waals surface area contributed by atoms with Crippen LogP contribution in [-0.4, -0.2) is 25.6 Å². The minimum absolute atomic E-state index is 0. The van der Waals surface area contributed by atoms with Gasteiger partial charge in [-0.15, -0.1) is 38.5 Å². The first-order valence-corrected chi connectivity index (χ1v) is 3.43. The maximum absolute atomic E-state index is 3.74. The van der Waals surface area contributed by atoms with Gasteiger partial charge in [-0.25, -0.2) is 0 Å². The molecule has 0 spiro atoms. The fraction of sp³-hybridized carbons (Fsp3) is 0. The van der Waals surface area contributed by atoms with Crippen molar-refractivity contribution in [2.24, 2.45) is 0 Å². The van der Waals surface area contributed by atoms with Crippen LogP contribution in [0.25, 0.3) is 0 Å². The van der Waals surface area contributed by atoms with E-state index in [2.05, 4.69) is 25.6 Å². The third kappa shape index (κ3) is 5.62. The summed E-state index contributed by atoms with van der Waals surface area (Å²) in [4.78, 5) is 3.74. The molecule has 0 amide bonds. The van der Waals surface area contributed by atoms with Crippen molar-refractivity contribution in [1.82, 2.24) is 25.6 Å². The lowest BCUT2D eigenvalue weighted by Gasteiger charge is -1.44. The highest BCUT2D eigenvalue weighted by Gasteiger charge is 1.59. The number of aromatic amines is 1. The van der Waals surface area contributed by atoms with Crippen LogP contribution >= 0.6 is 28.3 Å². The highest BCUT2D eigenvalue weighted by molar-refractivity contribution is 8.93. The molecule has 11 heavy (non-hydrogen) atoms. The van der Waals surface area contributed by atoms with E-state index in [9.17, 15) is 0 Å². The first-order valence-electron chi connectivity index (χ1n) is 2.48. The summed E-state index contributed by atoms with van der Waals surface area (Å²) in [6, 6.07) is 0. The molecule has 0 aromatic carbocycles. The summed E-state index contributed by atoms with van der Waals surface area (Å²) >= 11 is 1.60. The van der Waals surface area contributed by atoms with Crippen LogP contribution in [0, 0.1) is 0 Å². The largest absolute Gasteiger partial charge is 0.253 e. The van der Waals surface area contributed by atoms with Crippen LogP contribution in [0.5, 0.6) is 0 Å². The van der Waals surface area contributed by atoms with Crippen molar-refractivity contribution >= 4 is 28.3 Å². The Morgan fingerprint density at radius 2 is 2.27 bits per heavy atom. The topological polar surface area (TPSA) is 67.3 Å². The molecule has 0 aliphatic heterocycles. The van der Waals surface area contributed by atoms with Gasteiger partial charge >= 0.3 is 0 Å². The van der Waals surface area contributed by atoms with E-state index in [0.29, 0.717) is 0 Å². The van der Waals surface area contributed by atoms with Gasteiger partial charge in [-0.05, 0) is 0 Å². The van der Waals surface area contributed by atoms with Crippen molar-refractivity contribution in [3.63, 3.8) is 0 Å². The zero-order chi connectivity index (χ0) is 7.07. The zero-order valence-corrected chi connectivity index (χ0v) is 7.94. The van der Waals surface area contributed by atoms with Crippen LogP contribution in [0.2, 0.25) is 0 Å². The second kappa shape index (κ2) is 7.29. The molecule has 0 aliphatic rings. The van der Waals surface area contributed by atoms with Crippen molar-refractivity contribution < 1.29 is 0 Å². The molecule has 0 radical (unpaired) electrons. The third-order valence-electron chi connectivity index (χ3n) is 0.617. The Labute approximate surface area is 77.6 Å². The number of hydrogen-bond acceptors (Lipinski definition) is 5. The molecule has 2 aromatic heterocycles. The Kier molecular flexibility index (Phi) is 6.75. The molecule has 0 atom stereocenters. The minimum atomic E-state index is 0. The van der Waals surface area contributed by atoms with Crippen molar-refractivity contribution in [2.75, 3.05) is 0 Å².